The van der Waals surface area contributed by atoms with Crippen LogP contribution in [-0.2, 0) is 19.5 Å². The summed E-state index contributed by atoms with van der Waals surface area (Å²) < 4.78 is 24.9. The van der Waals surface area contributed by atoms with E-state index in [0.29, 0.717) is 89.8 Å². The first-order valence-electron chi connectivity index (χ1n) is 24.2. The molecular weight excluding hydrogens is 1090 g/mol. The molecule has 0 radical (unpaired) electrons. The monoisotopic (exact) mass is 1120 g/mol. The minimum Gasteiger partial charge on any atom is -0.478 e. The van der Waals surface area contributed by atoms with Gasteiger partial charge in [0.15, 0.2) is 0 Å². The molecular formula is C60H32N8O12Zn. The molecule has 0 saturated carbocycles. The van der Waals surface area contributed by atoms with Crippen molar-refractivity contribution in [1.82, 2.24) is 39.9 Å². The molecule has 2 aliphatic heterocycles. The molecule has 13 rings (SSSR count). The largest absolute Gasteiger partial charge is 2.00 e. The van der Waals surface area contributed by atoms with Crippen molar-refractivity contribution in [3.8, 4) is 91.5 Å². The van der Waals surface area contributed by atoms with Gasteiger partial charge in [-0.05, 0) is 191 Å². The summed E-state index contributed by atoms with van der Waals surface area (Å²) in [6.45, 7) is 0. The molecule has 386 valence electrons. The molecule has 0 saturated heterocycles. The van der Waals surface area contributed by atoms with E-state index < -0.39 is 23.9 Å². The molecule has 81 heavy (non-hydrogen) atoms. The van der Waals surface area contributed by atoms with Crippen molar-refractivity contribution in [2.75, 3.05) is 0 Å². The third-order valence-corrected chi connectivity index (χ3v) is 12.9. The number of carbonyl (C=O) groups is 4. The van der Waals surface area contributed by atoms with Crippen molar-refractivity contribution in [3.63, 3.8) is 0 Å². The van der Waals surface area contributed by atoms with Crippen molar-refractivity contribution < 1.29 is 78.0 Å². The number of rotatable bonds is 12. The van der Waals surface area contributed by atoms with Gasteiger partial charge in [0, 0.05) is 44.8 Å². The average Bonchev–Trinajstić information content (AvgIpc) is 4.38. The molecule has 0 fully saturated rings. The van der Waals surface area contributed by atoms with E-state index >= 15 is 0 Å². The second kappa shape index (κ2) is 20.3. The molecule has 0 unspecified atom stereocenters. The zero-order valence-electron chi connectivity index (χ0n) is 41.5. The number of carboxylic acids is 4. The molecule has 0 amide bonds. The summed E-state index contributed by atoms with van der Waals surface area (Å²) in [6, 6.07) is 44.8. The van der Waals surface area contributed by atoms with Gasteiger partial charge in [0.25, 0.3) is 0 Å². The number of nitrogens with zero attached hydrogens (tertiary/aromatic N) is 8. The van der Waals surface area contributed by atoms with Gasteiger partial charge >= 0.3 is 43.4 Å². The molecule has 20 nitrogen and oxygen atoms in total. The SMILES string of the molecule is O=C(O)c1ccc(Oc2ccc3c(c2)-c2nc-3nc3[n-]c(nc4nc(nc5[n-]c(n2)c2ccc(Oc6ccc(C(=O)O)cc6)cc52)-c2ccc(Oc5ccc(C(=O)O)cc5)cc2-4)c2ccc(Oc4ccc(C(=O)O)cc4)cc32)cc1.[Zn+2]. The topological polar surface area (TPSA) is 292 Å². The summed E-state index contributed by atoms with van der Waals surface area (Å²) >= 11 is 0. The van der Waals surface area contributed by atoms with E-state index in [1.165, 1.54) is 48.5 Å². The Morgan fingerprint density at radius 1 is 0.284 bits per heavy atom. The van der Waals surface area contributed by atoms with Crippen LogP contribution in [0.25, 0.3) is 89.7 Å². The fourth-order valence-corrected chi connectivity index (χ4v) is 9.04. The summed E-state index contributed by atoms with van der Waals surface area (Å²) in [7, 11) is 0. The maximum Gasteiger partial charge on any atom is 2.00 e. The van der Waals surface area contributed by atoms with Crippen molar-refractivity contribution >= 4 is 68.0 Å². The van der Waals surface area contributed by atoms with Gasteiger partial charge in [0.05, 0.1) is 45.6 Å². The first kappa shape index (κ1) is 50.6. The molecule has 0 atom stereocenters. The number of fused-ring (bicyclic) bond motifs is 20. The van der Waals surface area contributed by atoms with Crippen LogP contribution >= 0.6 is 0 Å². The molecule has 8 aromatic carbocycles. The second-order valence-corrected chi connectivity index (χ2v) is 18.0. The average molecular weight is 1120 g/mol. The van der Waals surface area contributed by atoms with Gasteiger partial charge < -0.3 is 69.3 Å². The number of hydrogen-bond donors (Lipinski definition) is 4. The number of aromatic carboxylic acids is 4. The van der Waals surface area contributed by atoms with E-state index in [1.54, 1.807) is 121 Å². The van der Waals surface area contributed by atoms with Gasteiger partial charge in [-0.1, -0.05) is 0 Å². The van der Waals surface area contributed by atoms with Crippen molar-refractivity contribution in [2.24, 2.45) is 0 Å². The van der Waals surface area contributed by atoms with Crippen LogP contribution in [0.15, 0.2) is 170 Å². The van der Waals surface area contributed by atoms with Crippen LogP contribution in [0.4, 0.5) is 0 Å². The van der Waals surface area contributed by atoms with Crippen molar-refractivity contribution in [1.29, 1.82) is 0 Å². The van der Waals surface area contributed by atoms with E-state index in [2.05, 4.69) is 0 Å². The zero-order chi connectivity index (χ0) is 54.8. The number of benzene rings is 8. The molecule has 11 aromatic rings. The first-order chi connectivity index (χ1) is 38.8. The maximum atomic E-state index is 11.6. The Bertz CT molecular complexity index is 4320. The Kier molecular flexibility index (Phi) is 12.7. The molecule has 21 heteroatoms. The summed E-state index contributed by atoms with van der Waals surface area (Å²) in [5.41, 5.74) is 3.29. The van der Waals surface area contributed by atoms with Gasteiger partial charge in [0.1, 0.15) is 46.0 Å². The van der Waals surface area contributed by atoms with E-state index in [1.807, 2.05) is 0 Å². The molecule has 5 heterocycles. The van der Waals surface area contributed by atoms with Gasteiger partial charge in [0.2, 0.25) is 0 Å². The van der Waals surface area contributed by atoms with Crippen LogP contribution in [0.1, 0.15) is 41.4 Å². The summed E-state index contributed by atoms with van der Waals surface area (Å²) in [6.07, 6.45) is 0. The van der Waals surface area contributed by atoms with E-state index in [-0.39, 0.29) is 87.6 Å². The van der Waals surface area contributed by atoms with Crippen LogP contribution in [0.5, 0.6) is 46.0 Å². The van der Waals surface area contributed by atoms with Crippen molar-refractivity contribution in [3.05, 3.63) is 192 Å². The minimum absolute atomic E-state index is 0. The van der Waals surface area contributed by atoms with Gasteiger partial charge in [-0.2, -0.15) is 0 Å². The van der Waals surface area contributed by atoms with Gasteiger partial charge in [-0.25, -0.2) is 29.1 Å². The Balaban J connectivity index is 0.00000651. The molecule has 0 spiro atoms. The van der Waals surface area contributed by atoms with Gasteiger partial charge in [-0.15, -0.1) is 0 Å². The Morgan fingerprint density at radius 2 is 0.531 bits per heavy atom. The van der Waals surface area contributed by atoms with Gasteiger partial charge in [-0.3, -0.25) is 0 Å². The minimum atomic E-state index is -1.08. The Morgan fingerprint density at radius 3 is 0.827 bits per heavy atom. The molecule has 4 N–H and O–H groups in total. The zero-order valence-corrected chi connectivity index (χ0v) is 44.5. The standard InChI is InChI=1S/C60H34N8O12.Zn/c69-57(70)29-1-9-33(10-2-29)77-37-17-21-41-45(25-37)53-61-49(41)66-54-47-27-39(79-35-13-5-31(6-14-35)59(73)74)19-23-43(47)51(63-54)68-56-48-28-40(80-36-15-7-32(8-16-36)60(75)76)20-24-44(48)52(64-56)67-55-46-26-38(18-22-42(46)50(62-55)65-53)78-34-11-3-30(4-12-34)58(71)72;/h1-28H,(H6,61,62,63,64,65,66,67,68,69,70,71,72,73,74,75,76);/q;+2/p-2. The van der Waals surface area contributed by atoms with E-state index in [9.17, 15) is 39.6 Å². The Hall–Kier alpha value is -11.2. The normalized spacial score (nSPS) is 11.3. The van der Waals surface area contributed by atoms with Crippen LogP contribution in [0, 0.1) is 0 Å². The van der Waals surface area contributed by atoms with Crippen LogP contribution in [0.2, 0.25) is 0 Å². The third-order valence-electron chi connectivity index (χ3n) is 12.9. The third kappa shape index (κ3) is 9.83. The van der Waals surface area contributed by atoms with Crippen LogP contribution in [-0.4, -0.2) is 74.2 Å². The number of carboxylic acid groups (broad SMARTS) is 4. The first-order valence-corrected chi connectivity index (χ1v) is 24.2. The summed E-state index contributed by atoms with van der Waals surface area (Å²) in [5.74, 6) is -0.491. The quantitative estimate of drug-likeness (QED) is 0.0827. The number of hydrogen-bond acceptors (Lipinski definition) is 14. The number of ether oxygens (including phenoxy) is 4. The summed E-state index contributed by atoms with van der Waals surface area (Å²) in [5, 5.41) is 40.1. The van der Waals surface area contributed by atoms with E-state index in [4.69, 9.17) is 58.8 Å². The Labute approximate surface area is 467 Å². The molecule has 0 aliphatic carbocycles. The summed E-state index contributed by atoms with van der Waals surface area (Å²) in [4.78, 5) is 86.8. The predicted octanol–water partition coefficient (Wildman–Crippen LogP) is 12.1. The fraction of sp³-hybridized carbons (Fsp3) is 0. The predicted molar refractivity (Wildman–Crippen MR) is 288 cm³/mol. The number of aromatic nitrogens is 8. The molecule has 2 aliphatic rings. The molecule has 3 aromatic heterocycles. The fourth-order valence-electron chi connectivity index (χ4n) is 9.04. The van der Waals surface area contributed by atoms with Crippen LogP contribution < -0.4 is 28.9 Å². The second-order valence-electron chi connectivity index (χ2n) is 18.0. The van der Waals surface area contributed by atoms with Crippen LogP contribution in [0.3, 0.4) is 0 Å². The smallest absolute Gasteiger partial charge is 0.478 e. The van der Waals surface area contributed by atoms with E-state index in [0.717, 1.165) is 0 Å². The van der Waals surface area contributed by atoms with Crippen molar-refractivity contribution in [2.45, 2.75) is 0 Å². The maximum absolute atomic E-state index is 11.6. The molecule has 8 bridgehead atoms.